The largest absolute Gasteiger partial charge is 0.394 e. The van der Waals surface area contributed by atoms with Crippen LogP contribution in [0.5, 0.6) is 0 Å². The zero-order valence-corrected chi connectivity index (χ0v) is 16.2. The fourth-order valence-corrected chi connectivity index (χ4v) is 3.70. The van der Waals surface area contributed by atoms with Crippen molar-refractivity contribution in [1.29, 1.82) is 0 Å². The standard InChI is InChI=1S/C21H19FN2O4S/c22-16-8-4-7-15(9-16)11-18-20(27)24(21(28)29-18)12-19(26)23-17(13-25)10-14-5-2-1-3-6-14/h1-9,11,17,25H,10,12-13H2,(H,23,26)/b18-11-/t17-/m1/s1. The van der Waals surface area contributed by atoms with E-state index in [1.807, 2.05) is 30.3 Å². The molecule has 1 atom stereocenters. The average molecular weight is 414 g/mol. The molecule has 1 heterocycles. The molecule has 3 rings (SSSR count). The van der Waals surface area contributed by atoms with Gasteiger partial charge in [-0.15, -0.1) is 0 Å². The van der Waals surface area contributed by atoms with Crippen molar-refractivity contribution in [3.63, 3.8) is 0 Å². The third-order valence-corrected chi connectivity index (χ3v) is 5.14. The number of thioether (sulfide) groups is 1. The molecular weight excluding hydrogens is 395 g/mol. The van der Waals surface area contributed by atoms with Crippen LogP contribution >= 0.6 is 11.8 Å². The molecule has 1 aliphatic rings. The van der Waals surface area contributed by atoms with E-state index in [0.717, 1.165) is 10.5 Å². The average Bonchev–Trinajstić information content (AvgIpc) is 2.95. The van der Waals surface area contributed by atoms with Crippen LogP contribution in [0.15, 0.2) is 59.5 Å². The number of rotatable bonds is 7. The van der Waals surface area contributed by atoms with Crippen LogP contribution in [-0.2, 0) is 16.0 Å². The van der Waals surface area contributed by atoms with E-state index in [-0.39, 0.29) is 11.5 Å². The molecule has 8 heteroatoms. The molecule has 1 saturated heterocycles. The maximum atomic E-state index is 13.3. The van der Waals surface area contributed by atoms with E-state index in [9.17, 15) is 23.9 Å². The number of carbonyl (C=O) groups excluding carboxylic acids is 3. The molecule has 3 amide bonds. The molecule has 0 bridgehead atoms. The number of hydrogen-bond donors (Lipinski definition) is 2. The summed E-state index contributed by atoms with van der Waals surface area (Å²) in [5.41, 5.74) is 1.39. The monoisotopic (exact) mass is 414 g/mol. The van der Waals surface area contributed by atoms with Gasteiger partial charge in [0.25, 0.3) is 11.1 Å². The Morgan fingerprint density at radius 3 is 2.62 bits per heavy atom. The molecule has 150 valence electrons. The van der Waals surface area contributed by atoms with Gasteiger partial charge in [-0.25, -0.2) is 4.39 Å². The van der Waals surface area contributed by atoms with Gasteiger partial charge in [-0.05, 0) is 47.5 Å². The summed E-state index contributed by atoms with van der Waals surface area (Å²) in [5, 5.41) is 11.6. The number of benzene rings is 2. The fourth-order valence-electron chi connectivity index (χ4n) is 2.86. The van der Waals surface area contributed by atoms with Crippen LogP contribution in [0, 0.1) is 5.82 Å². The maximum Gasteiger partial charge on any atom is 0.294 e. The van der Waals surface area contributed by atoms with E-state index in [2.05, 4.69) is 5.32 Å². The summed E-state index contributed by atoms with van der Waals surface area (Å²) in [4.78, 5) is 37.9. The number of carbonyl (C=O) groups is 3. The Morgan fingerprint density at radius 1 is 1.17 bits per heavy atom. The first-order valence-electron chi connectivity index (χ1n) is 8.91. The predicted octanol–water partition coefficient (Wildman–Crippen LogP) is 2.58. The number of amides is 3. The first-order valence-corrected chi connectivity index (χ1v) is 9.73. The van der Waals surface area contributed by atoms with Crippen LogP contribution in [0.25, 0.3) is 6.08 Å². The quantitative estimate of drug-likeness (QED) is 0.680. The van der Waals surface area contributed by atoms with Crippen molar-refractivity contribution >= 4 is 34.9 Å². The predicted molar refractivity (Wildman–Crippen MR) is 108 cm³/mol. The van der Waals surface area contributed by atoms with Gasteiger partial charge < -0.3 is 10.4 Å². The van der Waals surface area contributed by atoms with Gasteiger partial charge >= 0.3 is 0 Å². The van der Waals surface area contributed by atoms with E-state index in [0.29, 0.717) is 23.7 Å². The number of imide groups is 1. The number of hydrogen-bond acceptors (Lipinski definition) is 5. The lowest BCUT2D eigenvalue weighted by Gasteiger charge is -2.18. The SMILES string of the molecule is O=C(CN1C(=O)S/C(=C\c2cccc(F)c2)C1=O)N[C@@H](CO)Cc1ccccc1. The second-order valence-electron chi connectivity index (χ2n) is 6.46. The van der Waals surface area contributed by atoms with Crippen LogP contribution in [0.4, 0.5) is 9.18 Å². The maximum absolute atomic E-state index is 13.3. The van der Waals surface area contributed by atoms with Crippen LogP contribution in [0.2, 0.25) is 0 Å². The molecule has 0 spiro atoms. The summed E-state index contributed by atoms with van der Waals surface area (Å²) in [6.07, 6.45) is 1.84. The molecule has 1 fully saturated rings. The lowest BCUT2D eigenvalue weighted by atomic mass is 10.1. The molecule has 0 radical (unpaired) electrons. The molecule has 1 aliphatic heterocycles. The smallest absolute Gasteiger partial charge is 0.294 e. The molecule has 0 aliphatic carbocycles. The van der Waals surface area contributed by atoms with Crippen molar-refractivity contribution in [2.75, 3.05) is 13.2 Å². The molecule has 6 nitrogen and oxygen atoms in total. The molecule has 2 N–H and O–H groups in total. The highest BCUT2D eigenvalue weighted by Gasteiger charge is 2.36. The molecule has 0 saturated carbocycles. The minimum Gasteiger partial charge on any atom is -0.394 e. The first kappa shape index (κ1) is 20.8. The van der Waals surface area contributed by atoms with Crippen molar-refractivity contribution in [1.82, 2.24) is 10.2 Å². The van der Waals surface area contributed by atoms with Crippen molar-refractivity contribution in [2.24, 2.45) is 0 Å². The Kier molecular flexibility index (Phi) is 6.79. The zero-order valence-electron chi connectivity index (χ0n) is 15.4. The summed E-state index contributed by atoms with van der Waals surface area (Å²) in [6, 6.07) is 14.4. The Hall–Kier alpha value is -2.97. The highest BCUT2D eigenvalue weighted by molar-refractivity contribution is 8.18. The highest BCUT2D eigenvalue weighted by Crippen LogP contribution is 2.32. The van der Waals surface area contributed by atoms with Gasteiger partial charge in [0, 0.05) is 0 Å². The topological polar surface area (TPSA) is 86.7 Å². The molecule has 2 aromatic rings. The fraction of sp³-hybridized carbons (Fsp3) is 0.190. The van der Waals surface area contributed by atoms with Crippen LogP contribution in [0.1, 0.15) is 11.1 Å². The van der Waals surface area contributed by atoms with Gasteiger partial charge in [-0.1, -0.05) is 42.5 Å². The minimum atomic E-state index is -0.608. The van der Waals surface area contributed by atoms with Gasteiger partial charge in [-0.2, -0.15) is 0 Å². The van der Waals surface area contributed by atoms with Gasteiger partial charge in [0.1, 0.15) is 12.4 Å². The summed E-state index contributed by atoms with van der Waals surface area (Å²) in [7, 11) is 0. The van der Waals surface area contributed by atoms with Crippen molar-refractivity contribution in [3.05, 3.63) is 76.4 Å². The van der Waals surface area contributed by atoms with Crippen molar-refractivity contribution < 1.29 is 23.9 Å². The normalized spacial score (nSPS) is 16.3. The number of nitrogens with zero attached hydrogens (tertiary/aromatic N) is 1. The second-order valence-corrected chi connectivity index (χ2v) is 7.45. The lowest BCUT2D eigenvalue weighted by molar-refractivity contribution is -0.129. The van der Waals surface area contributed by atoms with Gasteiger partial charge in [-0.3, -0.25) is 19.3 Å². The summed E-state index contributed by atoms with van der Waals surface area (Å²) < 4.78 is 13.3. The van der Waals surface area contributed by atoms with E-state index in [1.54, 1.807) is 6.07 Å². The molecule has 2 aromatic carbocycles. The molecular formula is C21H19FN2O4S. The number of nitrogens with one attached hydrogen (secondary N) is 1. The van der Waals surface area contributed by atoms with Crippen LogP contribution in [0.3, 0.4) is 0 Å². The van der Waals surface area contributed by atoms with Crippen molar-refractivity contribution in [3.8, 4) is 0 Å². The van der Waals surface area contributed by atoms with Gasteiger partial charge in [0.15, 0.2) is 0 Å². The Balaban J connectivity index is 1.62. The number of aliphatic hydroxyl groups is 1. The summed E-state index contributed by atoms with van der Waals surface area (Å²) in [5.74, 6) is -1.61. The minimum absolute atomic E-state index is 0.122. The third kappa shape index (κ3) is 5.52. The van der Waals surface area contributed by atoms with Crippen LogP contribution < -0.4 is 5.32 Å². The van der Waals surface area contributed by atoms with Crippen molar-refractivity contribution in [2.45, 2.75) is 12.5 Å². The lowest BCUT2D eigenvalue weighted by Crippen LogP contribution is -2.45. The Morgan fingerprint density at radius 2 is 1.93 bits per heavy atom. The summed E-state index contributed by atoms with van der Waals surface area (Å²) >= 11 is 0.698. The molecule has 0 aromatic heterocycles. The van der Waals surface area contributed by atoms with E-state index < -0.39 is 35.5 Å². The molecule has 29 heavy (non-hydrogen) atoms. The first-order chi connectivity index (χ1) is 14.0. The second kappa shape index (κ2) is 9.49. The zero-order chi connectivity index (χ0) is 20.8. The number of aliphatic hydroxyl groups excluding tert-OH is 1. The Bertz CT molecular complexity index is 949. The van der Waals surface area contributed by atoms with Crippen LogP contribution in [-0.4, -0.2) is 46.3 Å². The van der Waals surface area contributed by atoms with E-state index >= 15 is 0 Å². The van der Waals surface area contributed by atoms with Gasteiger partial charge in [0.2, 0.25) is 5.91 Å². The highest BCUT2D eigenvalue weighted by atomic mass is 32.2. The summed E-state index contributed by atoms with van der Waals surface area (Å²) in [6.45, 7) is -0.724. The van der Waals surface area contributed by atoms with E-state index in [1.165, 1.54) is 24.3 Å². The van der Waals surface area contributed by atoms with Gasteiger partial charge in [0.05, 0.1) is 17.6 Å². The Labute approximate surface area is 171 Å². The third-order valence-electron chi connectivity index (χ3n) is 4.23. The molecule has 0 unspecified atom stereocenters. The van der Waals surface area contributed by atoms with E-state index in [4.69, 9.17) is 0 Å². The number of halogens is 1.